The summed E-state index contributed by atoms with van der Waals surface area (Å²) >= 11 is 0. The van der Waals surface area contributed by atoms with E-state index in [4.69, 9.17) is 0 Å². The first-order valence-corrected chi connectivity index (χ1v) is 9.25. The molecular weight excluding hydrogens is 286 g/mol. The Balaban J connectivity index is 2.13. The van der Waals surface area contributed by atoms with E-state index in [-0.39, 0.29) is 10.9 Å². The van der Waals surface area contributed by atoms with E-state index < -0.39 is 16.1 Å². The quantitative estimate of drug-likeness (QED) is 0.775. The number of aliphatic hydroxyl groups is 1. The number of rotatable bonds is 8. The van der Waals surface area contributed by atoms with E-state index in [0.29, 0.717) is 17.9 Å². The van der Waals surface area contributed by atoms with Gasteiger partial charge in [0.05, 0.1) is 11.0 Å². The molecular formula is C16H25NO3S. The van der Waals surface area contributed by atoms with Crippen molar-refractivity contribution >= 4 is 10.0 Å². The van der Waals surface area contributed by atoms with Crippen LogP contribution < -0.4 is 4.72 Å². The van der Waals surface area contributed by atoms with Crippen LogP contribution in [-0.4, -0.2) is 19.6 Å². The molecule has 5 heteroatoms. The van der Waals surface area contributed by atoms with Gasteiger partial charge in [-0.2, -0.15) is 0 Å². The molecule has 118 valence electrons. The van der Waals surface area contributed by atoms with Crippen LogP contribution in [0.2, 0.25) is 0 Å². The van der Waals surface area contributed by atoms with Crippen LogP contribution >= 0.6 is 0 Å². The molecule has 0 radical (unpaired) electrons. The van der Waals surface area contributed by atoms with Gasteiger partial charge in [0.2, 0.25) is 10.0 Å². The summed E-state index contributed by atoms with van der Waals surface area (Å²) in [4.78, 5) is 0.238. The Morgan fingerprint density at radius 2 is 2.00 bits per heavy atom. The molecule has 21 heavy (non-hydrogen) atoms. The molecule has 0 spiro atoms. The molecule has 0 bridgehead atoms. The van der Waals surface area contributed by atoms with Crippen LogP contribution in [-0.2, 0) is 10.0 Å². The zero-order valence-corrected chi connectivity index (χ0v) is 13.6. The Kier molecular flexibility index (Phi) is 5.41. The van der Waals surface area contributed by atoms with Crippen LogP contribution in [0.5, 0.6) is 0 Å². The summed E-state index contributed by atoms with van der Waals surface area (Å²) < 4.78 is 27.8. The second-order valence-electron chi connectivity index (χ2n) is 5.90. The van der Waals surface area contributed by atoms with E-state index in [0.717, 1.165) is 12.8 Å². The van der Waals surface area contributed by atoms with Crippen molar-refractivity contribution in [1.82, 2.24) is 4.72 Å². The normalized spacial score (nSPS) is 18.4. The van der Waals surface area contributed by atoms with Gasteiger partial charge in [-0.25, -0.2) is 13.1 Å². The highest BCUT2D eigenvalue weighted by Gasteiger charge is 2.27. The van der Waals surface area contributed by atoms with E-state index in [1.807, 2.05) is 13.8 Å². The van der Waals surface area contributed by atoms with Crippen molar-refractivity contribution in [3.63, 3.8) is 0 Å². The molecule has 0 heterocycles. The van der Waals surface area contributed by atoms with Crippen LogP contribution in [0.25, 0.3) is 0 Å². The predicted octanol–water partition coefficient (Wildman–Crippen LogP) is 2.99. The summed E-state index contributed by atoms with van der Waals surface area (Å²) in [5.41, 5.74) is 0.649. The van der Waals surface area contributed by atoms with Crippen LogP contribution in [0, 0.1) is 5.92 Å². The molecule has 2 N–H and O–H groups in total. The number of nitrogens with one attached hydrogen (secondary N) is 1. The van der Waals surface area contributed by atoms with Crippen molar-refractivity contribution < 1.29 is 13.5 Å². The van der Waals surface area contributed by atoms with Gasteiger partial charge < -0.3 is 5.11 Å². The Morgan fingerprint density at radius 1 is 1.29 bits per heavy atom. The summed E-state index contributed by atoms with van der Waals surface area (Å²) in [6.07, 6.45) is 4.11. The summed E-state index contributed by atoms with van der Waals surface area (Å²) in [6, 6.07) is 6.60. The fourth-order valence-electron chi connectivity index (χ4n) is 2.47. The van der Waals surface area contributed by atoms with Crippen molar-refractivity contribution in [3.8, 4) is 0 Å². The van der Waals surface area contributed by atoms with Gasteiger partial charge in [-0.1, -0.05) is 38.8 Å². The fraction of sp³-hybridized carbons (Fsp3) is 0.625. The molecule has 4 nitrogen and oxygen atoms in total. The first-order valence-electron chi connectivity index (χ1n) is 7.76. The highest BCUT2D eigenvalue weighted by molar-refractivity contribution is 7.89. The Hall–Kier alpha value is -0.910. The van der Waals surface area contributed by atoms with Gasteiger partial charge >= 0.3 is 0 Å². The molecule has 1 fully saturated rings. The fourth-order valence-corrected chi connectivity index (χ4v) is 3.85. The van der Waals surface area contributed by atoms with Crippen molar-refractivity contribution in [2.24, 2.45) is 5.92 Å². The monoisotopic (exact) mass is 311 g/mol. The minimum absolute atomic E-state index is 0.00209. The van der Waals surface area contributed by atoms with Crippen LogP contribution in [0.1, 0.15) is 57.6 Å². The van der Waals surface area contributed by atoms with E-state index in [1.54, 1.807) is 24.3 Å². The number of hydrogen-bond donors (Lipinski definition) is 2. The second kappa shape index (κ2) is 6.90. The van der Waals surface area contributed by atoms with Crippen molar-refractivity contribution in [2.45, 2.75) is 63.0 Å². The van der Waals surface area contributed by atoms with Crippen LogP contribution in [0.3, 0.4) is 0 Å². The van der Waals surface area contributed by atoms with Gasteiger partial charge in [-0.3, -0.25) is 0 Å². The molecule has 0 aromatic heterocycles. The van der Waals surface area contributed by atoms with E-state index >= 15 is 0 Å². The number of hydrogen-bond acceptors (Lipinski definition) is 3. The van der Waals surface area contributed by atoms with Gasteiger partial charge in [0.1, 0.15) is 0 Å². The van der Waals surface area contributed by atoms with Gasteiger partial charge in [0.25, 0.3) is 0 Å². The predicted molar refractivity (Wildman–Crippen MR) is 83.4 cm³/mol. The lowest BCUT2D eigenvalue weighted by Crippen LogP contribution is -2.34. The number of aliphatic hydroxyl groups excluding tert-OH is 1. The highest BCUT2D eigenvalue weighted by Crippen LogP contribution is 2.34. The zero-order chi connectivity index (χ0) is 15.5. The maximum Gasteiger partial charge on any atom is 0.240 e. The van der Waals surface area contributed by atoms with Gasteiger partial charge in [-0.05, 0) is 42.9 Å². The lowest BCUT2D eigenvalue weighted by atomic mass is 10.1. The molecule has 2 unspecified atom stereocenters. The zero-order valence-electron chi connectivity index (χ0n) is 12.7. The average Bonchev–Trinajstić information content (AvgIpc) is 3.29. The Morgan fingerprint density at radius 3 is 2.57 bits per heavy atom. The molecule has 0 saturated heterocycles. The Labute approximate surface area is 127 Å². The smallest absolute Gasteiger partial charge is 0.240 e. The molecule has 0 aliphatic heterocycles. The molecule has 2 rings (SSSR count). The molecule has 0 amide bonds. The van der Waals surface area contributed by atoms with E-state index in [2.05, 4.69) is 4.72 Å². The summed E-state index contributed by atoms with van der Waals surface area (Å²) in [5.74, 6) is 0.686. The Bertz CT molecular complexity index is 567. The lowest BCUT2D eigenvalue weighted by Gasteiger charge is -2.17. The molecule has 1 aromatic carbocycles. The van der Waals surface area contributed by atoms with Crippen molar-refractivity contribution in [2.75, 3.05) is 0 Å². The highest BCUT2D eigenvalue weighted by atomic mass is 32.2. The minimum atomic E-state index is -3.51. The average molecular weight is 311 g/mol. The standard InChI is InChI=1S/C16H25NO3S/c1-3-14(10-12-8-9-12)17-21(19,20)15-7-5-6-13(11-15)16(18)4-2/h5-7,11-12,14,16-18H,3-4,8-10H2,1-2H3. The third-order valence-corrected chi connectivity index (χ3v) is 5.59. The summed E-state index contributed by atoms with van der Waals surface area (Å²) in [6.45, 7) is 3.87. The van der Waals surface area contributed by atoms with E-state index in [9.17, 15) is 13.5 Å². The summed E-state index contributed by atoms with van der Waals surface area (Å²) in [5, 5.41) is 9.86. The first kappa shape index (κ1) is 16.5. The van der Waals surface area contributed by atoms with Gasteiger partial charge in [-0.15, -0.1) is 0 Å². The van der Waals surface area contributed by atoms with Gasteiger partial charge in [0.15, 0.2) is 0 Å². The summed E-state index contributed by atoms with van der Waals surface area (Å²) in [7, 11) is -3.51. The third-order valence-electron chi connectivity index (χ3n) is 4.07. The van der Waals surface area contributed by atoms with Crippen molar-refractivity contribution in [3.05, 3.63) is 29.8 Å². The molecule has 1 aliphatic rings. The van der Waals surface area contributed by atoms with Crippen LogP contribution in [0.4, 0.5) is 0 Å². The number of benzene rings is 1. The molecule has 1 saturated carbocycles. The SMILES string of the molecule is CCC(CC1CC1)NS(=O)(=O)c1cccc(C(O)CC)c1. The second-order valence-corrected chi connectivity index (χ2v) is 7.62. The third kappa shape index (κ3) is 4.53. The molecule has 1 aliphatic carbocycles. The molecule has 2 atom stereocenters. The van der Waals surface area contributed by atoms with Crippen LogP contribution in [0.15, 0.2) is 29.2 Å². The molecule has 1 aromatic rings. The lowest BCUT2D eigenvalue weighted by molar-refractivity contribution is 0.173. The maximum absolute atomic E-state index is 12.5. The number of sulfonamides is 1. The van der Waals surface area contributed by atoms with Gasteiger partial charge in [0, 0.05) is 6.04 Å². The first-order chi connectivity index (χ1) is 9.96. The minimum Gasteiger partial charge on any atom is -0.388 e. The largest absolute Gasteiger partial charge is 0.388 e. The maximum atomic E-state index is 12.5. The van der Waals surface area contributed by atoms with E-state index in [1.165, 1.54) is 12.8 Å². The van der Waals surface area contributed by atoms with Crippen molar-refractivity contribution in [1.29, 1.82) is 0 Å². The topological polar surface area (TPSA) is 66.4 Å².